The fourth-order valence-electron chi connectivity index (χ4n) is 4.74. The Morgan fingerprint density at radius 2 is 1.69 bits per heavy atom. The molecule has 6 rings (SSSR count). The Morgan fingerprint density at radius 3 is 2.50 bits per heavy atom. The summed E-state index contributed by atoms with van der Waals surface area (Å²) < 4.78 is 0. The number of anilines is 3. The van der Waals surface area contributed by atoms with Crippen molar-refractivity contribution in [2.45, 2.75) is 19.9 Å². The molecule has 8 nitrogen and oxygen atoms in total. The second kappa shape index (κ2) is 7.78. The summed E-state index contributed by atoms with van der Waals surface area (Å²) in [6.07, 6.45) is 2.80. The Hall–Kier alpha value is -3.68. The van der Waals surface area contributed by atoms with E-state index in [1.807, 2.05) is 12.3 Å². The maximum Gasteiger partial charge on any atom is 0.229 e. The summed E-state index contributed by atoms with van der Waals surface area (Å²) >= 11 is 0. The van der Waals surface area contributed by atoms with Gasteiger partial charge in [0.25, 0.3) is 0 Å². The van der Waals surface area contributed by atoms with Gasteiger partial charge in [-0.05, 0) is 24.1 Å². The minimum Gasteiger partial charge on any atom is -0.353 e. The van der Waals surface area contributed by atoms with Gasteiger partial charge in [-0.3, -0.25) is 5.10 Å². The molecule has 2 aliphatic rings. The number of H-pyrrole nitrogens is 1. The zero-order valence-electron chi connectivity index (χ0n) is 18.2. The molecule has 1 N–H and O–H groups in total. The van der Waals surface area contributed by atoms with Crippen LogP contribution in [-0.2, 0) is 13.0 Å². The lowest BCUT2D eigenvalue weighted by Crippen LogP contribution is -2.47. The van der Waals surface area contributed by atoms with Crippen molar-refractivity contribution in [1.29, 1.82) is 0 Å². The number of nitrogens with zero attached hydrogens (tertiary/aromatic N) is 7. The molecule has 0 amide bonds. The van der Waals surface area contributed by atoms with Gasteiger partial charge >= 0.3 is 0 Å². The Morgan fingerprint density at radius 1 is 0.875 bits per heavy atom. The monoisotopic (exact) mass is 426 g/mol. The summed E-state index contributed by atoms with van der Waals surface area (Å²) in [4.78, 5) is 21.5. The van der Waals surface area contributed by atoms with E-state index in [0.717, 1.165) is 80.0 Å². The molecule has 0 spiro atoms. The van der Waals surface area contributed by atoms with E-state index in [9.17, 15) is 0 Å². The lowest BCUT2D eigenvalue weighted by Gasteiger charge is -2.36. The summed E-state index contributed by atoms with van der Waals surface area (Å²) in [7, 11) is 0. The maximum atomic E-state index is 5.07. The maximum absolute atomic E-state index is 5.07. The molecule has 4 aromatic rings. The first kappa shape index (κ1) is 19.0. The Kier molecular flexibility index (Phi) is 4.63. The van der Waals surface area contributed by atoms with E-state index < -0.39 is 0 Å². The molecule has 0 radical (unpaired) electrons. The summed E-state index contributed by atoms with van der Waals surface area (Å²) in [5.74, 6) is 2.83. The third-order valence-corrected chi connectivity index (χ3v) is 6.45. The zero-order valence-corrected chi connectivity index (χ0v) is 18.2. The van der Waals surface area contributed by atoms with Crippen LogP contribution in [0.5, 0.6) is 0 Å². The number of aromatic nitrogens is 5. The van der Waals surface area contributed by atoms with Crippen LogP contribution >= 0.6 is 0 Å². The average Bonchev–Trinajstić information content (AvgIpc) is 3.26. The quantitative estimate of drug-likeness (QED) is 0.538. The van der Waals surface area contributed by atoms with Crippen LogP contribution in [0.15, 0.2) is 48.7 Å². The molecule has 0 aliphatic carbocycles. The lowest BCUT2D eigenvalue weighted by molar-refractivity contribution is 0.633. The number of aryl methyl sites for hydroxylation is 1. The smallest absolute Gasteiger partial charge is 0.229 e. The molecule has 162 valence electrons. The first-order chi connectivity index (χ1) is 15.8. The van der Waals surface area contributed by atoms with Gasteiger partial charge in [-0.1, -0.05) is 36.4 Å². The molecule has 2 aliphatic heterocycles. The fraction of sp³-hybridized carbons (Fsp3) is 0.333. The molecule has 0 saturated carbocycles. The minimum absolute atomic E-state index is 0.765. The summed E-state index contributed by atoms with van der Waals surface area (Å²) in [6.45, 7) is 7.38. The SMILES string of the molecule is Cc1cccnc1N1CCN(c2nc3c4c([nH]nc4n2)CCN3Cc2ccccc2)CC1. The highest BCUT2D eigenvalue weighted by Gasteiger charge is 2.27. The molecule has 8 heteroatoms. The highest BCUT2D eigenvalue weighted by molar-refractivity contribution is 5.91. The number of pyridine rings is 1. The molecule has 1 saturated heterocycles. The summed E-state index contributed by atoms with van der Waals surface area (Å²) in [5, 5.41) is 8.77. The van der Waals surface area contributed by atoms with Crippen molar-refractivity contribution in [3.05, 3.63) is 65.5 Å². The standard InChI is InChI=1S/C24H26N8/c1-17-6-5-10-25-22(17)30-12-14-31(15-13-30)24-26-21-20-19(28-29-21)9-11-32(23(20)27-24)16-18-7-3-2-4-8-18/h2-8,10H,9,11-16H2,1H3,(H,26,27,28,29). The number of rotatable bonds is 4. The number of hydrogen-bond donors (Lipinski definition) is 1. The van der Waals surface area contributed by atoms with Gasteiger partial charge in [-0.2, -0.15) is 15.1 Å². The molecule has 3 aromatic heterocycles. The summed E-state index contributed by atoms with van der Waals surface area (Å²) in [5.41, 5.74) is 4.40. The van der Waals surface area contributed by atoms with Crippen molar-refractivity contribution < 1.29 is 0 Å². The van der Waals surface area contributed by atoms with E-state index in [4.69, 9.17) is 9.97 Å². The third kappa shape index (κ3) is 3.32. The van der Waals surface area contributed by atoms with E-state index in [-0.39, 0.29) is 0 Å². The van der Waals surface area contributed by atoms with Crippen LogP contribution in [0.3, 0.4) is 0 Å². The molecule has 5 heterocycles. The first-order valence-corrected chi connectivity index (χ1v) is 11.2. The summed E-state index contributed by atoms with van der Waals surface area (Å²) in [6, 6.07) is 14.7. The molecule has 1 fully saturated rings. The van der Waals surface area contributed by atoms with Gasteiger partial charge in [0, 0.05) is 51.9 Å². The molecular weight excluding hydrogens is 400 g/mol. The van der Waals surface area contributed by atoms with Gasteiger partial charge in [0.05, 0.1) is 11.1 Å². The van der Waals surface area contributed by atoms with Gasteiger partial charge in [0.1, 0.15) is 11.6 Å². The number of piperazine rings is 1. The van der Waals surface area contributed by atoms with Crippen LogP contribution < -0.4 is 14.7 Å². The van der Waals surface area contributed by atoms with Crippen molar-refractivity contribution in [2.75, 3.05) is 47.4 Å². The topological polar surface area (TPSA) is 77.1 Å². The van der Waals surface area contributed by atoms with Crippen molar-refractivity contribution in [3.63, 3.8) is 0 Å². The van der Waals surface area contributed by atoms with Crippen LogP contribution in [0.2, 0.25) is 0 Å². The highest BCUT2D eigenvalue weighted by atomic mass is 15.4. The van der Waals surface area contributed by atoms with Crippen LogP contribution in [0, 0.1) is 6.92 Å². The van der Waals surface area contributed by atoms with Crippen LogP contribution in [-0.4, -0.2) is 57.9 Å². The first-order valence-electron chi connectivity index (χ1n) is 11.2. The third-order valence-electron chi connectivity index (χ3n) is 6.45. The predicted octanol–water partition coefficient (Wildman–Crippen LogP) is 2.95. The van der Waals surface area contributed by atoms with Crippen LogP contribution in [0.25, 0.3) is 11.0 Å². The van der Waals surface area contributed by atoms with Crippen molar-refractivity contribution >= 4 is 28.6 Å². The van der Waals surface area contributed by atoms with Gasteiger partial charge in [0.2, 0.25) is 5.95 Å². The number of nitrogens with one attached hydrogen (secondary N) is 1. The molecule has 0 unspecified atom stereocenters. The van der Waals surface area contributed by atoms with Gasteiger partial charge in [-0.25, -0.2) is 4.98 Å². The van der Waals surface area contributed by atoms with Crippen LogP contribution in [0.4, 0.5) is 17.6 Å². The molecule has 1 aromatic carbocycles. The number of hydrogen-bond acceptors (Lipinski definition) is 7. The van der Waals surface area contributed by atoms with E-state index in [2.05, 4.69) is 73.2 Å². The Labute approximate surface area is 186 Å². The molecule has 0 atom stereocenters. The van der Waals surface area contributed by atoms with Crippen molar-refractivity contribution in [2.24, 2.45) is 0 Å². The second-order valence-electron chi connectivity index (χ2n) is 8.52. The largest absolute Gasteiger partial charge is 0.353 e. The number of aromatic amines is 1. The fourth-order valence-corrected chi connectivity index (χ4v) is 4.74. The number of benzene rings is 1. The molecule has 32 heavy (non-hydrogen) atoms. The lowest BCUT2D eigenvalue weighted by atomic mass is 10.1. The van der Waals surface area contributed by atoms with Gasteiger partial charge < -0.3 is 14.7 Å². The molecular formula is C24H26N8. The molecule has 0 bridgehead atoms. The van der Waals surface area contributed by atoms with Crippen LogP contribution in [0.1, 0.15) is 16.8 Å². The average molecular weight is 427 g/mol. The normalized spacial score (nSPS) is 16.1. The predicted molar refractivity (Wildman–Crippen MR) is 126 cm³/mol. The Bertz CT molecular complexity index is 1240. The van der Waals surface area contributed by atoms with Gasteiger partial charge in [-0.15, -0.1) is 0 Å². The van der Waals surface area contributed by atoms with Gasteiger partial charge in [0.15, 0.2) is 5.65 Å². The minimum atomic E-state index is 0.765. The van der Waals surface area contributed by atoms with E-state index in [0.29, 0.717) is 0 Å². The van der Waals surface area contributed by atoms with E-state index in [1.165, 1.54) is 11.1 Å². The highest BCUT2D eigenvalue weighted by Crippen LogP contribution is 2.33. The van der Waals surface area contributed by atoms with E-state index >= 15 is 0 Å². The Balaban J connectivity index is 1.28. The zero-order chi connectivity index (χ0) is 21.5. The van der Waals surface area contributed by atoms with Crippen molar-refractivity contribution in [3.8, 4) is 0 Å². The van der Waals surface area contributed by atoms with Crippen molar-refractivity contribution in [1.82, 2.24) is 25.1 Å². The second-order valence-corrected chi connectivity index (χ2v) is 8.52. The van der Waals surface area contributed by atoms with E-state index in [1.54, 1.807) is 0 Å².